The molecule has 1 heterocycles. The monoisotopic (exact) mass is 300 g/mol. The fraction of sp³-hybridized carbons (Fsp3) is 0.125. The lowest BCUT2D eigenvalue weighted by molar-refractivity contribution is 0.0668. The maximum absolute atomic E-state index is 12.2. The molecule has 0 aliphatic carbocycles. The maximum Gasteiger partial charge on any atom is 0.347 e. The summed E-state index contributed by atoms with van der Waals surface area (Å²) in [6, 6.07) is 9.06. The Kier molecular flexibility index (Phi) is 3.42. The number of fused-ring (bicyclic) bond motifs is 2. The van der Waals surface area contributed by atoms with Crippen LogP contribution in [0.25, 0.3) is 0 Å². The zero-order chi connectivity index (χ0) is 15.7. The smallest absolute Gasteiger partial charge is 0.347 e. The molecule has 22 heavy (non-hydrogen) atoms. The normalized spacial score (nSPS) is 13.0. The molecule has 0 saturated carbocycles. The van der Waals surface area contributed by atoms with Gasteiger partial charge in [-0.05, 0) is 24.3 Å². The Morgan fingerprint density at radius 3 is 1.50 bits per heavy atom. The van der Waals surface area contributed by atoms with E-state index in [2.05, 4.69) is 0 Å². The summed E-state index contributed by atoms with van der Waals surface area (Å²) in [5, 5.41) is 0. The van der Waals surface area contributed by atoms with Gasteiger partial charge in [0, 0.05) is 12.1 Å². The molecule has 0 spiro atoms. The lowest BCUT2D eigenvalue weighted by atomic mass is 10.1. The maximum atomic E-state index is 12.2. The van der Waals surface area contributed by atoms with E-state index in [1.54, 1.807) is 12.1 Å². The Balaban J connectivity index is 2.09. The van der Waals surface area contributed by atoms with E-state index in [9.17, 15) is 9.59 Å². The van der Waals surface area contributed by atoms with Gasteiger partial charge in [-0.15, -0.1) is 0 Å². The van der Waals surface area contributed by atoms with Crippen molar-refractivity contribution in [3.63, 3.8) is 0 Å². The second kappa shape index (κ2) is 5.40. The Hall–Kier alpha value is -3.02. The molecule has 0 bridgehead atoms. The molecular formula is C16H12O6. The minimum absolute atomic E-state index is 0.0934. The number of benzene rings is 2. The highest BCUT2D eigenvalue weighted by Gasteiger charge is 2.26. The van der Waals surface area contributed by atoms with Gasteiger partial charge < -0.3 is 18.9 Å². The van der Waals surface area contributed by atoms with Crippen LogP contribution in [-0.2, 0) is 0 Å². The molecule has 0 radical (unpaired) electrons. The Labute approximate surface area is 126 Å². The summed E-state index contributed by atoms with van der Waals surface area (Å²) >= 11 is 0. The average molecular weight is 300 g/mol. The molecule has 3 rings (SSSR count). The van der Waals surface area contributed by atoms with Crippen molar-refractivity contribution in [2.75, 3.05) is 14.2 Å². The number of hydrogen-bond donors (Lipinski definition) is 0. The Bertz CT molecular complexity index is 700. The van der Waals surface area contributed by atoms with Crippen molar-refractivity contribution < 1.29 is 28.5 Å². The molecule has 0 amide bonds. The second-order valence-electron chi connectivity index (χ2n) is 4.50. The third kappa shape index (κ3) is 2.35. The van der Waals surface area contributed by atoms with Gasteiger partial charge in [0.05, 0.1) is 14.2 Å². The first-order valence-electron chi connectivity index (χ1n) is 6.43. The lowest BCUT2D eigenvalue weighted by Crippen LogP contribution is -2.20. The van der Waals surface area contributed by atoms with Gasteiger partial charge >= 0.3 is 11.9 Å². The van der Waals surface area contributed by atoms with E-state index in [1.165, 1.54) is 38.5 Å². The standard InChI is InChI=1S/C16H12O6/c1-19-9-3-5-11-13(7-9)21-16(18)12-6-4-10(20-2)8-14(12)22-15(11)17/h3-8H,1-2H3. The third-order valence-electron chi connectivity index (χ3n) is 3.22. The summed E-state index contributed by atoms with van der Waals surface area (Å²) < 4.78 is 20.7. The summed E-state index contributed by atoms with van der Waals surface area (Å²) in [6.45, 7) is 0. The van der Waals surface area contributed by atoms with E-state index in [0.29, 0.717) is 11.5 Å². The molecular weight excluding hydrogens is 288 g/mol. The lowest BCUT2D eigenvalue weighted by Gasteiger charge is -2.17. The molecule has 2 aromatic carbocycles. The SMILES string of the molecule is COc1ccc2c(c1)OC(=O)c1ccc(OC)cc1OC2=O. The minimum Gasteiger partial charge on any atom is -0.497 e. The summed E-state index contributed by atoms with van der Waals surface area (Å²) in [4.78, 5) is 24.5. The van der Waals surface area contributed by atoms with Gasteiger partial charge in [0.2, 0.25) is 0 Å². The number of hydrogen-bond acceptors (Lipinski definition) is 6. The quantitative estimate of drug-likeness (QED) is 0.626. The largest absolute Gasteiger partial charge is 0.497 e. The molecule has 1 aliphatic heterocycles. The van der Waals surface area contributed by atoms with Gasteiger partial charge in [-0.25, -0.2) is 9.59 Å². The van der Waals surface area contributed by atoms with E-state index >= 15 is 0 Å². The number of ether oxygens (including phenoxy) is 4. The van der Waals surface area contributed by atoms with E-state index in [4.69, 9.17) is 18.9 Å². The van der Waals surface area contributed by atoms with Crippen LogP contribution in [0.3, 0.4) is 0 Å². The zero-order valence-corrected chi connectivity index (χ0v) is 11.9. The molecule has 6 heteroatoms. The van der Waals surface area contributed by atoms with Gasteiger partial charge in [0.25, 0.3) is 0 Å². The van der Waals surface area contributed by atoms with E-state index in [0.717, 1.165) is 0 Å². The molecule has 0 atom stereocenters. The molecule has 112 valence electrons. The molecule has 0 N–H and O–H groups in total. The van der Waals surface area contributed by atoms with Crippen LogP contribution in [0, 0.1) is 0 Å². The molecule has 0 saturated heterocycles. The third-order valence-corrected chi connectivity index (χ3v) is 3.22. The van der Waals surface area contributed by atoms with Crippen molar-refractivity contribution >= 4 is 11.9 Å². The summed E-state index contributed by atoms with van der Waals surface area (Å²) in [6.07, 6.45) is 0. The highest BCUT2D eigenvalue weighted by Crippen LogP contribution is 2.33. The van der Waals surface area contributed by atoms with E-state index < -0.39 is 11.9 Å². The fourth-order valence-corrected chi connectivity index (χ4v) is 2.08. The van der Waals surface area contributed by atoms with Crippen molar-refractivity contribution in [2.24, 2.45) is 0 Å². The van der Waals surface area contributed by atoms with Crippen LogP contribution < -0.4 is 18.9 Å². The molecule has 0 aromatic heterocycles. The fourth-order valence-electron chi connectivity index (χ4n) is 2.08. The highest BCUT2D eigenvalue weighted by molar-refractivity contribution is 6.01. The Morgan fingerprint density at radius 2 is 1.14 bits per heavy atom. The van der Waals surface area contributed by atoms with Crippen LogP contribution in [-0.4, -0.2) is 26.2 Å². The van der Waals surface area contributed by atoms with Crippen LogP contribution >= 0.6 is 0 Å². The molecule has 1 aliphatic rings. The van der Waals surface area contributed by atoms with Crippen LogP contribution in [0.2, 0.25) is 0 Å². The highest BCUT2D eigenvalue weighted by atomic mass is 16.6. The molecule has 2 aromatic rings. The number of carbonyl (C=O) groups excluding carboxylic acids is 2. The average Bonchev–Trinajstić information content (AvgIpc) is 2.53. The van der Waals surface area contributed by atoms with Crippen molar-refractivity contribution in [2.45, 2.75) is 0 Å². The van der Waals surface area contributed by atoms with Gasteiger partial charge in [-0.2, -0.15) is 0 Å². The summed E-state index contributed by atoms with van der Waals surface area (Å²) in [7, 11) is 2.96. The predicted molar refractivity (Wildman–Crippen MR) is 75.9 cm³/mol. The number of methoxy groups -OCH3 is 2. The number of carbonyl (C=O) groups is 2. The number of esters is 2. The summed E-state index contributed by atoms with van der Waals surface area (Å²) in [5.74, 6) is -0.129. The first-order chi connectivity index (χ1) is 10.6. The summed E-state index contributed by atoms with van der Waals surface area (Å²) in [5.41, 5.74) is 0.283. The van der Waals surface area contributed by atoms with Crippen LogP contribution in [0.1, 0.15) is 20.7 Å². The molecule has 6 nitrogen and oxygen atoms in total. The van der Waals surface area contributed by atoms with Crippen LogP contribution in [0.5, 0.6) is 23.0 Å². The van der Waals surface area contributed by atoms with Gasteiger partial charge in [0.15, 0.2) is 0 Å². The molecule has 0 unspecified atom stereocenters. The zero-order valence-electron chi connectivity index (χ0n) is 11.9. The topological polar surface area (TPSA) is 71.1 Å². The van der Waals surface area contributed by atoms with Crippen LogP contribution in [0.4, 0.5) is 0 Å². The van der Waals surface area contributed by atoms with Gasteiger partial charge in [0.1, 0.15) is 34.1 Å². The van der Waals surface area contributed by atoms with Crippen molar-refractivity contribution in [1.29, 1.82) is 0 Å². The van der Waals surface area contributed by atoms with Gasteiger partial charge in [-0.1, -0.05) is 0 Å². The number of rotatable bonds is 2. The van der Waals surface area contributed by atoms with E-state index in [1.807, 2.05) is 0 Å². The minimum atomic E-state index is -0.625. The van der Waals surface area contributed by atoms with Crippen LogP contribution in [0.15, 0.2) is 36.4 Å². The Morgan fingerprint density at radius 1 is 0.727 bits per heavy atom. The van der Waals surface area contributed by atoms with Crippen molar-refractivity contribution in [3.05, 3.63) is 47.5 Å². The first kappa shape index (κ1) is 13.9. The second-order valence-corrected chi connectivity index (χ2v) is 4.50. The van der Waals surface area contributed by atoms with E-state index in [-0.39, 0.29) is 22.6 Å². The van der Waals surface area contributed by atoms with Crippen molar-refractivity contribution in [1.82, 2.24) is 0 Å². The van der Waals surface area contributed by atoms with Crippen molar-refractivity contribution in [3.8, 4) is 23.0 Å². The first-order valence-corrected chi connectivity index (χ1v) is 6.43. The predicted octanol–water partition coefficient (Wildman–Crippen LogP) is 2.46. The van der Waals surface area contributed by atoms with Gasteiger partial charge in [-0.3, -0.25) is 0 Å². The molecule has 0 fully saturated rings.